The third kappa shape index (κ3) is 4.50. The van der Waals surface area contributed by atoms with Crippen LogP contribution in [0.3, 0.4) is 0 Å². The Morgan fingerprint density at radius 1 is 0.846 bits per heavy atom. The van der Waals surface area contributed by atoms with Crippen molar-refractivity contribution < 1.29 is 43.2 Å². The molecular weight excluding hydrogens is 410 g/mol. The molecule has 1 atom stereocenters. The summed E-state index contributed by atoms with van der Waals surface area (Å²) in [6.45, 7) is 0. The van der Waals surface area contributed by atoms with Crippen LogP contribution in [0, 0.1) is 12.3 Å². The highest BCUT2D eigenvalue weighted by atomic mass is 32.3. The Hall–Kier alpha value is -1.74. The van der Waals surface area contributed by atoms with Crippen molar-refractivity contribution in [3.05, 3.63) is 35.9 Å². The summed E-state index contributed by atoms with van der Waals surface area (Å²) in [5.41, 5.74) is -12.0. The fourth-order valence-corrected chi connectivity index (χ4v) is 5.59. The Labute approximate surface area is 146 Å². The average Bonchev–Trinajstić information content (AvgIpc) is 2.49. The van der Waals surface area contributed by atoms with Crippen LogP contribution in [-0.4, -0.2) is 32.4 Å². The molecule has 1 rings (SSSR count). The van der Waals surface area contributed by atoms with Gasteiger partial charge in [0, 0.05) is 5.92 Å². The smallest absolute Gasteiger partial charge is 0.218 e. The van der Waals surface area contributed by atoms with Crippen LogP contribution in [0.25, 0.3) is 0 Å². The SMILES string of the molecule is C#CC(CCC(S(=O)(=O)C(F)(F)F)S(=O)(=O)C(F)(F)F)c1ccccc1. The zero-order valence-corrected chi connectivity index (χ0v) is 14.4. The Morgan fingerprint density at radius 3 is 1.62 bits per heavy atom. The monoisotopic (exact) mass is 422 g/mol. The van der Waals surface area contributed by atoms with E-state index >= 15 is 0 Å². The Morgan fingerprint density at radius 2 is 1.27 bits per heavy atom. The van der Waals surface area contributed by atoms with Crippen molar-refractivity contribution in [1.82, 2.24) is 0 Å². The van der Waals surface area contributed by atoms with Gasteiger partial charge in [-0.15, -0.1) is 6.42 Å². The molecule has 26 heavy (non-hydrogen) atoms. The van der Waals surface area contributed by atoms with Gasteiger partial charge in [0.2, 0.25) is 0 Å². The van der Waals surface area contributed by atoms with Crippen LogP contribution >= 0.6 is 0 Å². The molecule has 0 N–H and O–H groups in total. The van der Waals surface area contributed by atoms with Gasteiger partial charge in [0.15, 0.2) is 4.58 Å². The van der Waals surface area contributed by atoms with Crippen LogP contribution in [0.2, 0.25) is 0 Å². The van der Waals surface area contributed by atoms with Crippen LogP contribution in [0.15, 0.2) is 30.3 Å². The van der Waals surface area contributed by atoms with E-state index in [0.29, 0.717) is 5.56 Å². The summed E-state index contributed by atoms with van der Waals surface area (Å²) in [4.78, 5) is 0. The van der Waals surface area contributed by atoms with E-state index < -0.39 is 54.0 Å². The second-order valence-corrected chi connectivity index (χ2v) is 9.66. The number of alkyl halides is 6. The fourth-order valence-electron chi connectivity index (χ4n) is 2.11. The van der Waals surface area contributed by atoms with Gasteiger partial charge in [0.1, 0.15) is 0 Å². The highest BCUT2D eigenvalue weighted by Crippen LogP contribution is 2.39. The van der Waals surface area contributed by atoms with Crippen LogP contribution in [-0.2, 0) is 19.7 Å². The molecule has 0 aliphatic carbocycles. The zero-order chi connectivity index (χ0) is 20.4. The topological polar surface area (TPSA) is 68.3 Å². The molecule has 1 aromatic rings. The number of sulfone groups is 2. The lowest BCUT2D eigenvalue weighted by Gasteiger charge is -2.22. The maximum atomic E-state index is 12.7. The minimum atomic E-state index is -6.64. The van der Waals surface area contributed by atoms with Crippen molar-refractivity contribution in [1.29, 1.82) is 0 Å². The standard InChI is InChI=1S/C14H12F6O4S2/c1-2-10(11-6-4-3-5-7-11)8-9-12(25(21,22)13(15,16)17)26(23,24)14(18,19)20/h1,3-7,10,12H,8-9H2. The Bertz CT molecular complexity index is 821. The fraction of sp³-hybridized carbons (Fsp3) is 0.429. The molecule has 146 valence electrons. The normalized spacial score (nSPS) is 14.8. The van der Waals surface area contributed by atoms with E-state index in [9.17, 15) is 43.2 Å². The van der Waals surface area contributed by atoms with Crippen molar-refractivity contribution in [2.45, 2.75) is 34.4 Å². The second kappa shape index (κ2) is 7.48. The van der Waals surface area contributed by atoms with Gasteiger partial charge in [-0.25, -0.2) is 16.8 Å². The van der Waals surface area contributed by atoms with Gasteiger partial charge < -0.3 is 0 Å². The molecule has 0 fully saturated rings. The summed E-state index contributed by atoms with van der Waals surface area (Å²) in [7, 11) is -13.3. The van der Waals surface area contributed by atoms with Gasteiger partial charge in [-0.3, -0.25) is 0 Å². The first-order chi connectivity index (χ1) is 11.7. The number of halogens is 6. The number of hydrogen-bond acceptors (Lipinski definition) is 4. The maximum Gasteiger partial charge on any atom is 0.498 e. The lowest BCUT2D eigenvalue weighted by atomic mass is 9.95. The predicted octanol–water partition coefficient (Wildman–Crippen LogP) is 3.38. The van der Waals surface area contributed by atoms with Gasteiger partial charge in [-0.1, -0.05) is 36.3 Å². The van der Waals surface area contributed by atoms with Gasteiger partial charge in [0.05, 0.1) is 0 Å². The first kappa shape index (κ1) is 22.3. The number of rotatable bonds is 6. The molecule has 0 radical (unpaired) electrons. The van der Waals surface area contributed by atoms with Crippen molar-refractivity contribution in [3.63, 3.8) is 0 Å². The third-order valence-corrected chi connectivity index (χ3v) is 8.10. The summed E-state index contributed by atoms with van der Waals surface area (Å²) >= 11 is 0. The van der Waals surface area contributed by atoms with Crippen molar-refractivity contribution in [2.75, 3.05) is 0 Å². The molecule has 0 amide bonds. The molecule has 0 heterocycles. The van der Waals surface area contributed by atoms with E-state index in [1.807, 2.05) is 0 Å². The van der Waals surface area contributed by atoms with Crippen molar-refractivity contribution >= 4 is 19.7 Å². The highest BCUT2D eigenvalue weighted by molar-refractivity contribution is 8.09. The summed E-state index contributed by atoms with van der Waals surface area (Å²) in [5, 5.41) is 0. The Balaban J connectivity index is 3.31. The molecule has 0 aliphatic heterocycles. The third-order valence-electron chi connectivity index (χ3n) is 3.43. The zero-order valence-electron chi connectivity index (χ0n) is 12.8. The van der Waals surface area contributed by atoms with E-state index in [1.165, 1.54) is 24.3 Å². The minimum Gasteiger partial charge on any atom is -0.218 e. The van der Waals surface area contributed by atoms with Crippen LogP contribution in [0.1, 0.15) is 24.3 Å². The minimum absolute atomic E-state index is 0.322. The van der Waals surface area contributed by atoms with Crippen molar-refractivity contribution in [3.8, 4) is 12.3 Å². The molecule has 0 saturated heterocycles. The average molecular weight is 422 g/mol. The summed E-state index contributed by atoms with van der Waals surface area (Å²) in [5.74, 6) is 1.04. The van der Waals surface area contributed by atoms with Crippen LogP contribution in [0.4, 0.5) is 26.3 Å². The summed E-state index contributed by atoms with van der Waals surface area (Å²) in [6, 6.07) is 7.42. The largest absolute Gasteiger partial charge is 0.498 e. The first-order valence-corrected chi connectivity index (χ1v) is 9.87. The number of benzene rings is 1. The van der Waals surface area contributed by atoms with Gasteiger partial charge in [-0.2, -0.15) is 26.3 Å². The molecule has 1 aromatic carbocycles. The lowest BCUT2D eigenvalue weighted by Crippen LogP contribution is -2.45. The molecule has 0 aliphatic rings. The van der Waals surface area contributed by atoms with Crippen LogP contribution < -0.4 is 0 Å². The molecular formula is C14H12F6O4S2. The molecule has 1 unspecified atom stereocenters. The van der Waals surface area contributed by atoms with E-state index in [4.69, 9.17) is 6.42 Å². The first-order valence-electron chi connectivity index (χ1n) is 6.77. The predicted molar refractivity (Wildman–Crippen MR) is 81.0 cm³/mol. The quantitative estimate of drug-likeness (QED) is 0.521. The maximum absolute atomic E-state index is 12.7. The lowest BCUT2D eigenvalue weighted by molar-refractivity contribution is -0.0472. The molecule has 4 nitrogen and oxygen atoms in total. The molecule has 0 saturated carbocycles. The molecule has 0 aromatic heterocycles. The van der Waals surface area contributed by atoms with E-state index in [2.05, 4.69) is 5.92 Å². The van der Waals surface area contributed by atoms with E-state index in [1.54, 1.807) is 6.07 Å². The van der Waals surface area contributed by atoms with E-state index in [-0.39, 0.29) is 0 Å². The van der Waals surface area contributed by atoms with Crippen molar-refractivity contribution in [2.24, 2.45) is 0 Å². The molecule has 0 bridgehead atoms. The molecule has 0 spiro atoms. The number of terminal acetylenes is 1. The second-order valence-electron chi connectivity index (χ2n) is 5.12. The van der Waals surface area contributed by atoms with Crippen LogP contribution in [0.5, 0.6) is 0 Å². The number of hydrogen-bond donors (Lipinski definition) is 0. The van der Waals surface area contributed by atoms with Gasteiger partial charge >= 0.3 is 11.0 Å². The summed E-state index contributed by atoms with van der Waals surface area (Å²) in [6.07, 6.45) is 3.01. The Kier molecular flexibility index (Phi) is 6.41. The highest BCUT2D eigenvalue weighted by Gasteiger charge is 2.62. The van der Waals surface area contributed by atoms with E-state index in [0.717, 1.165) is 0 Å². The molecule has 12 heteroatoms. The summed E-state index contributed by atoms with van der Waals surface area (Å²) < 4.78 is 118. The van der Waals surface area contributed by atoms with Gasteiger partial charge in [-0.05, 0) is 18.4 Å². The van der Waals surface area contributed by atoms with Gasteiger partial charge in [0.25, 0.3) is 19.7 Å².